The summed E-state index contributed by atoms with van der Waals surface area (Å²) in [5.74, 6) is -0.455. The SMILES string of the molecule is CCn1ncc(C2=NC(NN[C@H]3OC(=O)c4ccccc43)=N[C@H](C(F)F)C2)c1C. The van der Waals surface area contributed by atoms with Gasteiger partial charge >= 0.3 is 5.97 Å². The van der Waals surface area contributed by atoms with Crippen molar-refractivity contribution in [3.05, 3.63) is 52.8 Å². The molecule has 2 aliphatic rings. The second-order valence-electron chi connectivity index (χ2n) is 6.72. The van der Waals surface area contributed by atoms with Crippen LogP contribution in [0.3, 0.4) is 0 Å². The first-order valence-electron chi connectivity index (χ1n) is 9.25. The lowest BCUT2D eigenvalue weighted by Crippen LogP contribution is -2.42. The number of alkyl halides is 2. The van der Waals surface area contributed by atoms with E-state index in [4.69, 9.17) is 4.74 Å². The van der Waals surface area contributed by atoms with Crippen LogP contribution in [0.1, 0.15) is 46.8 Å². The van der Waals surface area contributed by atoms with Gasteiger partial charge < -0.3 is 4.74 Å². The molecule has 152 valence electrons. The summed E-state index contributed by atoms with van der Waals surface area (Å²) < 4.78 is 33.9. The number of carbonyl (C=O) groups excluding carboxylic acids is 1. The minimum Gasteiger partial charge on any atom is -0.437 e. The summed E-state index contributed by atoms with van der Waals surface area (Å²) in [5.41, 5.74) is 8.68. The number of hydrogen-bond acceptors (Lipinski definition) is 7. The van der Waals surface area contributed by atoms with Crippen molar-refractivity contribution in [2.45, 2.75) is 45.5 Å². The molecule has 2 aliphatic heterocycles. The highest BCUT2D eigenvalue weighted by Gasteiger charge is 2.32. The van der Waals surface area contributed by atoms with Crippen molar-refractivity contribution in [1.82, 2.24) is 20.6 Å². The van der Waals surface area contributed by atoms with E-state index in [0.717, 1.165) is 5.69 Å². The van der Waals surface area contributed by atoms with Crippen LogP contribution in [-0.4, -0.2) is 39.9 Å². The zero-order valence-corrected chi connectivity index (χ0v) is 15.9. The lowest BCUT2D eigenvalue weighted by molar-refractivity contribution is 0.0288. The van der Waals surface area contributed by atoms with Gasteiger partial charge in [0.2, 0.25) is 5.96 Å². The van der Waals surface area contributed by atoms with Crippen LogP contribution < -0.4 is 10.9 Å². The maximum Gasteiger partial charge on any atom is 0.340 e. The van der Waals surface area contributed by atoms with Crippen LogP contribution in [0.25, 0.3) is 0 Å². The summed E-state index contributed by atoms with van der Waals surface area (Å²) in [5, 5.41) is 4.26. The maximum atomic E-state index is 13.4. The number of rotatable bonds is 5. The fourth-order valence-corrected chi connectivity index (χ4v) is 3.41. The second kappa shape index (κ2) is 7.70. The van der Waals surface area contributed by atoms with E-state index in [0.29, 0.717) is 28.9 Å². The van der Waals surface area contributed by atoms with E-state index < -0.39 is 24.7 Å². The molecule has 0 amide bonds. The predicted octanol–water partition coefficient (Wildman–Crippen LogP) is 2.36. The Balaban J connectivity index is 1.56. The van der Waals surface area contributed by atoms with Gasteiger partial charge in [-0.1, -0.05) is 18.2 Å². The largest absolute Gasteiger partial charge is 0.437 e. The first-order chi connectivity index (χ1) is 14.0. The maximum absolute atomic E-state index is 13.4. The van der Waals surface area contributed by atoms with Crippen molar-refractivity contribution >= 4 is 17.6 Å². The van der Waals surface area contributed by atoms with Crippen LogP contribution in [0.15, 0.2) is 40.4 Å². The molecule has 0 bridgehead atoms. The van der Waals surface area contributed by atoms with E-state index in [2.05, 4.69) is 25.9 Å². The quantitative estimate of drug-likeness (QED) is 0.592. The molecule has 0 spiro atoms. The average molecular weight is 402 g/mol. The zero-order valence-electron chi connectivity index (χ0n) is 15.9. The van der Waals surface area contributed by atoms with E-state index in [9.17, 15) is 13.6 Å². The smallest absolute Gasteiger partial charge is 0.340 e. The van der Waals surface area contributed by atoms with E-state index in [1.807, 2.05) is 13.8 Å². The third kappa shape index (κ3) is 3.63. The molecule has 10 heteroatoms. The summed E-state index contributed by atoms with van der Waals surface area (Å²) in [7, 11) is 0. The number of benzene rings is 1. The Labute approximate surface area is 165 Å². The Kier molecular flexibility index (Phi) is 5.10. The van der Waals surface area contributed by atoms with Crippen molar-refractivity contribution in [3.63, 3.8) is 0 Å². The number of aryl methyl sites for hydroxylation is 1. The standard InChI is InChI=1S/C19H20F2N6O2/c1-3-27-10(2)13(9-22-27)14-8-15(16(20)21)24-19(23-14)26-25-17-11-6-4-5-7-12(11)18(28)29-17/h4-7,9,15-17,25H,3,8H2,1-2H3,(H,24,26)/t15-,17-/m0/s1. The number of fused-ring (bicyclic) bond motifs is 1. The highest BCUT2D eigenvalue weighted by atomic mass is 19.3. The van der Waals surface area contributed by atoms with Crippen LogP contribution in [-0.2, 0) is 11.3 Å². The van der Waals surface area contributed by atoms with E-state index in [-0.39, 0.29) is 12.4 Å². The van der Waals surface area contributed by atoms with Gasteiger partial charge in [-0.15, -0.1) is 0 Å². The molecule has 0 unspecified atom stereocenters. The lowest BCUT2D eigenvalue weighted by Gasteiger charge is -2.21. The highest BCUT2D eigenvalue weighted by molar-refractivity contribution is 6.09. The van der Waals surface area contributed by atoms with Crippen molar-refractivity contribution in [1.29, 1.82) is 0 Å². The monoisotopic (exact) mass is 402 g/mol. The summed E-state index contributed by atoms with van der Waals surface area (Å²) in [4.78, 5) is 20.3. The number of halogens is 2. The number of hydrazine groups is 1. The van der Waals surface area contributed by atoms with Crippen molar-refractivity contribution < 1.29 is 18.3 Å². The molecule has 3 heterocycles. The Bertz CT molecular complexity index is 1000. The number of ether oxygens (including phenoxy) is 1. The van der Waals surface area contributed by atoms with Crippen molar-refractivity contribution in [2.75, 3.05) is 0 Å². The number of nitrogens with zero attached hydrogens (tertiary/aromatic N) is 4. The van der Waals surface area contributed by atoms with Crippen molar-refractivity contribution in [2.24, 2.45) is 9.98 Å². The number of aliphatic imine (C=N–C) groups is 2. The summed E-state index contributed by atoms with van der Waals surface area (Å²) in [6.07, 6.45) is -1.76. The molecule has 0 aliphatic carbocycles. The molecule has 0 fully saturated rings. The first kappa shape index (κ1) is 19.2. The molecule has 2 atom stereocenters. The summed E-state index contributed by atoms with van der Waals surface area (Å²) in [6.45, 7) is 4.50. The minimum atomic E-state index is -2.64. The fourth-order valence-electron chi connectivity index (χ4n) is 3.41. The van der Waals surface area contributed by atoms with Crippen LogP contribution in [0.5, 0.6) is 0 Å². The van der Waals surface area contributed by atoms with Gasteiger partial charge in [-0.3, -0.25) is 10.1 Å². The van der Waals surface area contributed by atoms with E-state index in [1.54, 1.807) is 35.1 Å². The molecule has 29 heavy (non-hydrogen) atoms. The van der Waals surface area contributed by atoms with Crippen molar-refractivity contribution in [3.8, 4) is 0 Å². The molecular formula is C19H20F2N6O2. The third-order valence-electron chi connectivity index (χ3n) is 4.94. The van der Waals surface area contributed by atoms with Crippen LogP contribution >= 0.6 is 0 Å². The molecule has 0 radical (unpaired) electrons. The van der Waals surface area contributed by atoms with Crippen LogP contribution in [0, 0.1) is 6.92 Å². The van der Waals surface area contributed by atoms with Crippen LogP contribution in [0.4, 0.5) is 8.78 Å². The highest BCUT2D eigenvalue weighted by Crippen LogP contribution is 2.28. The summed E-state index contributed by atoms with van der Waals surface area (Å²) in [6, 6.07) is 5.71. The van der Waals surface area contributed by atoms with Gasteiger partial charge in [0.05, 0.1) is 17.5 Å². The molecule has 8 nitrogen and oxygen atoms in total. The number of carbonyl (C=O) groups is 1. The summed E-state index contributed by atoms with van der Waals surface area (Å²) >= 11 is 0. The average Bonchev–Trinajstić information content (AvgIpc) is 3.26. The molecule has 0 saturated carbocycles. The molecule has 0 saturated heterocycles. The molecule has 1 aromatic heterocycles. The normalized spacial score (nSPS) is 20.9. The third-order valence-corrected chi connectivity index (χ3v) is 4.94. The van der Waals surface area contributed by atoms with Gasteiger partial charge in [-0.25, -0.2) is 23.6 Å². The lowest BCUT2D eigenvalue weighted by atomic mass is 10.0. The number of esters is 1. The number of aromatic nitrogens is 2. The van der Waals surface area contributed by atoms with Gasteiger partial charge in [0.25, 0.3) is 6.43 Å². The Morgan fingerprint density at radius 1 is 1.31 bits per heavy atom. The topological polar surface area (TPSA) is 92.9 Å². The number of guanidine groups is 1. The van der Waals surface area contributed by atoms with Crippen LogP contribution in [0.2, 0.25) is 0 Å². The first-order valence-corrected chi connectivity index (χ1v) is 9.25. The second-order valence-corrected chi connectivity index (χ2v) is 6.72. The molecule has 4 rings (SSSR count). The number of nitrogens with one attached hydrogen (secondary N) is 2. The molecular weight excluding hydrogens is 382 g/mol. The Morgan fingerprint density at radius 2 is 2.10 bits per heavy atom. The predicted molar refractivity (Wildman–Crippen MR) is 102 cm³/mol. The van der Waals surface area contributed by atoms with Gasteiger partial charge in [0, 0.05) is 29.8 Å². The molecule has 1 aromatic carbocycles. The van der Waals surface area contributed by atoms with Gasteiger partial charge in [-0.2, -0.15) is 10.5 Å². The van der Waals surface area contributed by atoms with Gasteiger partial charge in [-0.05, 0) is 19.9 Å². The number of hydrogen-bond donors (Lipinski definition) is 2. The van der Waals surface area contributed by atoms with Gasteiger partial charge in [0.1, 0.15) is 6.04 Å². The molecule has 2 aromatic rings. The van der Waals surface area contributed by atoms with Gasteiger partial charge in [0.15, 0.2) is 6.23 Å². The number of cyclic esters (lactones) is 1. The Morgan fingerprint density at radius 3 is 2.83 bits per heavy atom. The van der Waals surface area contributed by atoms with E-state index in [1.165, 1.54) is 0 Å². The minimum absolute atomic E-state index is 0.000582. The fraction of sp³-hybridized carbons (Fsp3) is 0.368. The molecule has 2 N–H and O–H groups in total. The zero-order chi connectivity index (χ0) is 20.5. The Hall–Kier alpha value is -3.14. The van der Waals surface area contributed by atoms with E-state index >= 15 is 0 Å².